The molecule has 1 N–H and O–H groups in total. The van der Waals surface area contributed by atoms with Gasteiger partial charge in [0.05, 0.1) is 5.69 Å². The number of oxazole rings is 1. The van der Waals surface area contributed by atoms with E-state index < -0.39 is 0 Å². The first-order chi connectivity index (χ1) is 22.2. The summed E-state index contributed by atoms with van der Waals surface area (Å²) in [4.78, 5) is 29.2. The van der Waals surface area contributed by atoms with Crippen molar-refractivity contribution in [1.29, 1.82) is 0 Å². The van der Waals surface area contributed by atoms with Crippen LogP contribution in [0.5, 0.6) is 0 Å². The molecule has 2 aromatic heterocycles. The average Bonchev–Trinajstić information content (AvgIpc) is 3.67. The van der Waals surface area contributed by atoms with Crippen LogP contribution in [0.4, 0.5) is 0 Å². The number of benzene rings is 2. The van der Waals surface area contributed by atoms with Crippen molar-refractivity contribution in [1.82, 2.24) is 25.0 Å². The standard InChI is InChI=1S/C13H17NO.C12H15NO.C7H12N2.C7H11NO/c1-9(2)10-5-4-6-12-11(10)7-8-14(3)13(12)15;1-8(2)9-4-3-5-11-10(9)6-7-13-12(11)14;1-6(2)7-4-5-8-9(7)3;1-5(2)7-6(3)8-4-9-7/h4-6,9H,7-8H2,1-3H3;3-5,8H,6-7H2,1-2H3,(H,13,14);4-6H,1-3H3;4-5H,1-3H3. The van der Waals surface area contributed by atoms with Gasteiger partial charge in [-0.2, -0.15) is 5.10 Å². The van der Waals surface area contributed by atoms with Gasteiger partial charge in [0.1, 0.15) is 5.76 Å². The molecule has 4 aromatic rings. The number of fused-ring (bicyclic) bond motifs is 2. The number of carbonyl (C=O) groups is 2. The van der Waals surface area contributed by atoms with Crippen molar-refractivity contribution in [3.05, 3.63) is 106 Å². The highest BCUT2D eigenvalue weighted by Gasteiger charge is 2.24. The van der Waals surface area contributed by atoms with Crippen molar-refractivity contribution >= 4 is 11.8 Å². The van der Waals surface area contributed by atoms with Gasteiger partial charge in [0, 0.05) is 56.1 Å². The van der Waals surface area contributed by atoms with Gasteiger partial charge in [-0.15, -0.1) is 0 Å². The Bertz CT molecular complexity index is 1570. The predicted octanol–water partition coefficient (Wildman–Crippen LogP) is 8.18. The summed E-state index contributed by atoms with van der Waals surface area (Å²) in [6.45, 7) is 20.8. The largest absolute Gasteiger partial charge is 0.448 e. The number of nitrogens with zero attached hydrogens (tertiary/aromatic N) is 4. The molecular formula is C39H55N5O3. The van der Waals surface area contributed by atoms with Crippen LogP contribution in [0.1, 0.15) is 139 Å². The molecule has 8 nitrogen and oxygen atoms in total. The average molecular weight is 642 g/mol. The second-order valence-electron chi connectivity index (χ2n) is 13.5. The molecule has 2 aliphatic rings. The first-order valence-electron chi connectivity index (χ1n) is 16.9. The summed E-state index contributed by atoms with van der Waals surface area (Å²) in [7, 11) is 3.84. The van der Waals surface area contributed by atoms with E-state index in [4.69, 9.17) is 4.42 Å². The van der Waals surface area contributed by atoms with E-state index in [0.29, 0.717) is 23.7 Å². The number of nitrogens with one attached hydrogen (secondary N) is 1. The van der Waals surface area contributed by atoms with Crippen molar-refractivity contribution in [2.75, 3.05) is 20.1 Å². The molecule has 0 aliphatic carbocycles. The second kappa shape index (κ2) is 17.1. The van der Waals surface area contributed by atoms with Crippen molar-refractivity contribution in [2.45, 2.75) is 98.8 Å². The van der Waals surface area contributed by atoms with Crippen LogP contribution in [-0.2, 0) is 19.9 Å². The lowest BCUT2D eigenvalue weighted by molar-refractivity contribution is 0.0780. The van der Waals surface area contributed by atoms with Gasteiger partial charge in [-0.05, 0) is 78.0 Å². The van der Waals surface area contributed by atoms with E-state index >= 15 is 0 Å². The fraction of sp³-hybridized carbons (Fsp3) is 0.487. The van der Waals surface area contributed by atoms with E-state index in [1.165, 1.54) is 34.3 Å². The Morgan fingerprint density at radius 1 is 0.766 bits per heavy atom. The maximum Gasteiger partial charge on any atom is 0.253 e. The molecular weight excluding hydrogens is 586 g/mol. The van der Waals surface area contributed by atoms with Crippen LogP contribution < -0.4 is 5.32 Å². The topological polar surface area (TPSA) is 93.3 Å². The number of rotatable bonds is 4. The maximum absolute atomic E-state index is 11.9. The second-order valence-corrected chi connectivity index (χ2v) is 13.5. The quantitative estimate of drug-likeness (QED) is 0.243. The molecule has 0 unspecified atom stereocenters. The zero-order valence-electron chi connectivity index (χ0n) is 30.3. The summed E-state index contributed by atoms with van der Waals surface area (Å²) in [6.07, 6.45) is 5.28. The summed E-state index contributed by atoms with van der Waals surface area (Å²) >= 11 is 0. The van der Waals surface area contributed by atoms with E-state index in [1.54, 1.807) is 4.90 Å². The molecule has 4 heterocycles. The SMILES string of the molecule is CC(C)c1cccc2c1CCN(C)C2=O.CC(C)c1cccc2c1CCNC2=O.CC(C)c1ccnn1C.Cc1ncoc1C(C)C. The molecule has 8 heteroatoms. The number of aryl methyl sites for hydroxylation is 2. The van der Waals surface area contributed by atoms with E-state index in [2.05, 4.69) is 82.9 Å². The smallest absolute Gasteiger partial charge is 0.253 e. The zero-order valence-corrected chi connectivity index (χ0v) is 30.3. The van der Waals surface area contributed by atoms with Crippen LogP contribution in [0.15, 0.2) is 59.5 Å². The highest BCUT2D eigenvalue weighted by atomic mass is 16.3. The Balaban J connectivity index is 0.000000175. The fourth-order valence-electron chi connectivity index (χ4n) is 6.06. The Kier molecular flexibility index (Phi) is 13.6. The molecule has 0 radical (unpaired) electrons. The summed E-state index contributed by atoms with van der Waals surface area (Å²) < 4.78 is 7.02. The Hall–Kier alpha value is -4.20. The van der Waals surface area contributed by atoms with Crippen LogP contribution in [0, 0.1) is 6.92 Å². The van der Waals surface area contributed by atoms with Gasteiger partial charge >= 0.3 is 0 Å². The molecule has 2 aromatic carbocycles. The third kappa shape index (κ3) is 9.66. The zero-order chi connectivity index (χ0) is 34.8. The minimum absolute atomic E-state index is 0.0775. The van der Waals surface area contributed by atoms with Crippen molar-refractivity contribution in [3.8, 4) is 0 Å². The molecule has 0 saturated heterocycles. The van der Waals surface area contributed by atoms with Crippen LogP contribution >= 0.6 is 0 Å². The van der Waals surface area contributed by atoms with Gasteiger partial charge < -0.3 is 14.6 Å². The number of likely N-dealkylation sites (N-methyl/N-ethyl adjacent to an activating group) is 1. The van der Waals surface area contributed by atoms with Gasteiger partial charge in [0.2, 0.25) is 0 Å². The van der Waals surface area contributed by atoms with E-state index in [1.807, 2.05) is 62.2 Å². The van der Waals surface area contributed by atoms with Gasteiger partial charge in [-0.1, -0.05) is 79.7 Å². The maximum atomic E-state index is 11.9. The molecule has 0 bridgehead atoms. The lowest BCUT2D eigenvalue weighted by Crippen LogP contribution is -2.34. The minimum atomic E-state index is 0.0775. The fourth-order valence-corrected chi connectivity index (χ4v) is 6.06. The monoisotopic (exact) mass is 641 g/mol. The molecule has 2 amide bonds. The first-order valence-corrected chi connectivity index (χ1v) is 16.9. The molecule has 0 spiro atoms. The molecule has 0 fully saturated rings. The van der Waals surface area contributed by atoms with Crippen molar-refractivity contribution < 1.29 is 14.0 Å². The highest BCUT2D eigenvalue weighted by molar-refractivity contribution is 5.97. The van der Waals surface area contributed by atoms with Crippen LogP contribution in [0.3, 0.4) is 0 Å². The molecule has 47 heavy (non-hydrogen) atoms. The summed E-state index contributed by atoms with van der Waals surface area (Å²) in [5, 5.41) is 6.92. The highest BCUT2D eigenvalue weighted by Crippen LogP contribution is 2.27. The molecule has 0 saturated carbocycles. The summed E-state index contributed by atoms with van der Waals surface area (Å²) in [5.41, 5.74) is 9.20. The number of carbonyl (C=O) groups excluding carboxylic acids is 2. The number of aromatic nitrogens is 3. The normalized spacial score (nSPS) is 13.6. The Morgan fingerprint density at radius 3 is 1.81 bits per heavy atom. The Morgan fingerprint density at radius 2 is 1.36 bits per heavy atom. The number of hydrogen-bond donors (Lipinski definition) is 1. The summed E-state index contributed by atoms with van der Waals surface area (Å²) in [6, 6.07) is 14.1. The summed E-state index contributed by atoms with van der Waals surface area (Å²) in [5.74, 6) is 3.26. The van der Waals surface area contributed by atoms with Crippen LogP contribution in [-0.4, -0.2) is 51.6 Å². The predicted molar refractivity (Wildman–Crippen MR) is 190 cm³/mol. The van der Waals surface area contributed by atoms with Gasteiger partial charge in [-0.3, -0.25) is 14.3 Å². The van der Waals surface area contributed by atoms with Crippen molar-refractivity contribution in [3.63, 3.8) is 0 Å². The molecule has 254 valence electrons. The number of hydrogen-bond acceptors (Lipinski definition) is 5. The van der Waals surface area contributed by atoms with Gasteiger partial charge in [0.25, 0.3) is 11.8 Å². The molecule has 0 atom stereocenters. The lowest BCUT2D eigenvalue weighted by Gasteiger charge is -2.27. The third-order valence-electron chi connectivity index (χ3n) is 8.61. The van der Waals surface area contributed by atoms with E-state index in [0.717, 1.165) is 48.5 Å². The first kappa shape index (κ1) is 37.3. The van der Waals surface area contributed by atoms with Gasteiger partial charge in [0.15, 0.2) is 6.39 Å². The van der Waals surface area contributed by atoms with Gasteiger partial charge in [-0.25, -0.2) is 4.98 Å². The minimum Gasteiger partial charge on any atom is -0.448 e. The number of amides is 2. The van der Waals surface area contributed by atoms with E-state index in [-0.39, 0.29) is 11.8 Å². The van der Waals surface area contributed by atoms with Crippen molar-refractivity contribution in [2.24, 2.45) is 7.05 Å². The van der Waals surface area contributed by atoms with E-state index in [9.17, 15) is 9.59 Å². The molecule has 2 aliphatic heterocycles. The van der Waals surface area contributed by atoms with Crippen LogP contribution in [0.2, 0.25) is 0 Å². The van der Waals surface area contributed by atoms with Crippen LogP contribution in [0.25, 0.3) is 0 Å². The molecule has 6 rings (SSSR count). The Labute approximate surface area is 282 Å². The lowest BCUT2D eigenvalue weighted by atomic mass is 9.89. The third-order valence-corrected chi connectivity index (χ3v) is 8.61.